The van der Waals surface area contributed by atoms with Crippen molar-refractivity contribution in [1.29, 1.82) is 0 Å². The highest BCUT2D eigenvalue weighted by Gasteiger charge is 2.30. The third-order valence-corrected chi connectivity index (χ3v) is 3.57. The summed E-state index contributed by atoms with van der Waals surface area (Å²) in [5.41, 5.74) is 1.32. The lowest BCUT2D eigenvalue weighted by Gasteiger charge is -2.34. The Kier molecular flexibility index (Phi) is 3.71. The number of amides is 1. The third-order valence-electron chi connectivity index (χ3n) is 3.57. The summed E-state index contributed by atoms with van der Waals surface area (Å²) in [6.07, 6.45) is 2.10. The van der Waals surface area contributed by atoms with Crippen LogP contribution in [0.5, 0.6) is 0 Å². The second-order valence-electron chi connectivity index (χ2n) is 5.09. The van der Waals surface area contributed by atoms with E-state index in [1.807, 2.05) is 6.92 Å². The first-order valence-corrected chi connectivity index (χ1v) is 6.41. The smallest absolute Gasteiger partial charge is 0.259 e. The van der Waals surface area contributed by atoms with Gasteiger partial charge in [-0.1, -0.05) is 12.1 Å². The van der Waals surface area contributed by atoms with Crippen LogP contribution in [0.2, 0.25) is 0 Å². The maximum absolute atomic E-state index is 12.3. The molecule has 1 N–H and O–H groups in total. The molecule has 1 saturated carbocycles. The van der Waals surface area contributed by atoms with Gasteiger partial charge in [0.05, 0.1) is 11.8 Å². The van der Waals surface area contributed by atoms with Crippen molar-refractivity contribution in [2.75, 3.05) is 13.6 Å². The molecule has 100 valence electrons. The van der Waals surface area contributed by atoms with Crippen molar-refractivity contribution in [3.05, 3.63) is 17.0 Å². The fourth-order valence-electron chi connectivity index (χ4n) is 2.44. The minimum atomic E-state index is -0.179. The first-order chi connectivity index (χ1) is 8.52. The number of carbonyl (C=O) groups is 1. The summed E-state index contributed by atoms with van der Waals surface area (Å²) >= 11 is 0. The van der Waals surface area contributed by atoms with Gasteiger partial charge >= 0.3 is 0 Å². The van der Waals surface area contributed by atoms with Gasteiger partial charge in [0.2, 0.25) is 0 Å². The highest BCUT2D eigenvalue weighted by molar-refractivity contribution is 5.96. The largest absolute Gasteiger partial charge is 0.393 e. The molecule has 1 fully saturated rings. The summed E-state index contributed by atoms with van der Waals surface area (Å²) in [7, 11) is 1.79. The van der Waals surface area contributed by atoms with E-state index < -0.39 is 0 Å². The number of carbonyl (C=O) groups excluding carboxylic acids is 1. The van der Waals surface area contributed by atoms with Crippen LogP contribution >= 0.6 is 0 Å². The second-order valence-corrected chi connectivity index (χ2v) is 5.09. The van der Waals surface area contributed by atoms with Crippen molar-refractivity contribution in [2.45, 2.75) is 39.2 Å². The number of aliphatic hydroxyl groups is 1. The van der Waals surface area contributed by atoms with Crippen LogP contribution in [-0.4, -0.2) is 40.8 Å². The molecule has 0 atom stereocenters. The van der Waals surface area contributed by atoms with Gasteiger partial charge in [-0.05, 0) is 32.1 Å². The van der Waals surface area contributed by atoms with E-state index in [1.165, 1.54) is 0 Å². The van der Waals surface area contributed by atoms with Crippen LogP contribution < -0.4 is 0 Å². The molecule has 0 unspecified atom stereocenters. The zero-order chi connectivity index (χ0) is 13.3. The molecule has 5 nitrogen and oxygen atoms in total. The van der Waals surface area contributed by atoms with Crippen molar-refractivity contribution >= 4 is 5.91 Å². The van der Waals surface area contributed by atoms with Crippen LogP contribution in [0, 0.1) is 12.8 Å². The summed E-state index contributed by atoms with van der Waals surface area (Å²) in [5.74, 6) is 0.962. The Morgan fingerprint density at radius 2 is 2.22 bits per heavy atom. The SMILES string of the molecule is CCc1noc(C)c1C(=O)N(C)CC1CC(O)C1. The quantitative estimate of drug-likeness (QED) is 0.879. The number of aliphatic hydroxyl groups excluding tert-OH is 1. The van der Waals surface area contributed by atoms with E-state index in [4.69, 9.17) is 4.52 Å². The van der Waals surface area contributed by atoms with Crippen LogP contribution in [0.25, 0.3) is 0 Å². The van der Waals surface area contributed by atoms with E-state index in [2.05, 4.69) is 5.16 Å². The number of aryl methyl sites for hydroxylation is 2. The maximum Gasteiger partial charge on any atom is 0.259 e. The van der Waals surface area contributed by atoms with Crippen molar-refractivity contribution in [3.63, 3.8) is 0 Å². The van der Waals surface area contributed by atoms with E-state index >= 15 is 0 Å². The van der Waals surface area contributed by atoms with Crippen LogP contribution in [0.4, 0.5) is 0 Å². The van der Waals surface area contributed by atoms with Crippen molar-refractivity contribution in [2.24, 2.45) is 5.92 Å². The zero-order valence-electron chi connectivity index (χ0n) is 11.1. The maximum atomic E-state index is 12.3. The van der Waals surface area contributed by atoms with Crippen LogP contribution in [-0.2, 0) is 6.42 Å². The van der Waals surface area contributed by atoms with Crippen LogP contribution in [0.15, 0.2) is 4.52 Å². The van der Waals surface area contributed by atoms with Gasteiger partial charge in [-0.15, -0.1) is 0 Å². The number of hydrogen-bond acceptors (Lipinski definition) is 4. The molecular weight excluding hydrogens is 232 g/mol. The van der Waals surface area contributed by atoms with Gasteiger partial charge in [0, 0.05) is 13.6 Å². The summed E-state index contributed by atoms with van der Waals surface area (Å²) in [5, 5.41) is 13.2. The molecule has 1 aliphatic rings. The fraction of sp³-hybridized carbons (Fsp3) is 0.692. The van der Waals surface area contributed by atoms with Gasteiger partial charge in [-0.3, -0.25) is 4.79 Å². The molecule has 5 heteroatoms. The molecule has 0 aliphatic heterocycles. The normalized spacial score (nSPS) is 22.7. The minimum absolute atomic E-state index is 0.0352. The van der Waals surface area contributed by atoms with E-state index in [9.17, 15) is 9.90 Å². The molecule has 1 heterocycles. The molecular formula is C13H20N2O3. The highest BCUT2D eigenvalue weighted by atomic mass is 16.5. The topological polar surface area (TPSA) is 66.6 Å². The van der Waals surface area contributed by atoms with Crippen molar-refractivity contribution in [3.8, 4) is 0 Å². The molecule has 0 bridgehead atoms. The number of nitrogens with zero attached hydrogens (tertiary/aromatic N) is 2. The summed E-state index contributed by atoms with van der Waals surface area (Å²) in [4.78, 5) is 14.0. The molecule has 1 aliphatic carbocycles. The van der Waals surface area contributed by atoms with Gasteiger partial charge < -0.3 is 14.5 Å². The van der Waals surface area contributed by atoms with Gasteiger partial charge in [0.1, 0.15) is 11.3 Å². The van der Waals surface area contributed by atoms with Crippen LogP contribution in [0.3, 0.4) is 0 Å². The van der Waals surface area contributed by atoms with E-state index in [1.54, 1.807) is 18.9 Å². The van der Waals surface area contributed by atoms with Crippen LogP contribution in [0.1, 0.15) is 41.6 Å². The second kappa shape index (κ2) is 5.10. The Labute approximate surface area is 107 Å². The van der Waals surface area contributed by atoms with Crippen molar-refractivity contribution in [1.82, 2.24) is 10.1 Å². The van der Waals surface area contributed by atoms with Gasteiger partial charge in [0.25, 0.3) is 5.91 Å². The Hall–Kier alpha value is -1.36. The average molecular weight is 252 g/mol. The predicted octanol–water partition coefficient (Wildman–Crippen LogP) is 1.39. The van der Waals surface area contributed by atoms with E-state index in [0.29, 0.717) is 30.2 Å². The monoisotopic (exact) mass is 252 g/mol. The summed E-state index contributed by atoms with van der Waals surface area (Å²) in [6.45, 7) is 4.40. The van der Waals surface area contributed by atoms with Gasteiger partial charge in [-0.25, -0.2) is 0 Å². The van der Waals surface area contributed by atoms with Crippen molar-refractivity contribution < 1.29 is 14.4 Å². The molecule has 1 aromatic rings. The Morgan fingerprint density at radius 1 is 1.56 bits per heavy atom. The van der Waals surface area contributed by atoms with E-state index in [0.717, 1.165) is 18.5 Å². The Balaban J connectivity index is 2.03. The molecule has 1 aromatic heterocycles. The number of rotatable bonds is 4. The molecule has 2 rings (SSSR count). The predicted molar refractivity (Wildman–Crippen MR) is 66.3 cm³/mol. The highest BCUT2D eigenvalue weighted by Crippen LogP contribution is 2.28. The molecule has 0 aromatic carbocycles. The zero-order valence-corrected chi connectivity index (χ0v) is 11.1. The van der Waals surface area contributed by atoms with Gasteiger partial charge in [-0.2, -0.15) is 0 Å². The molecule has 0 saturated heterocycles. The lowest BCUT2D eigenvalue weighted by Crippen LogP contribution is -2.39. The molecule has 0 spiro atoms. The fourth-order valence-corrected chi connectivity index (χ4v) is 2.44. The lowest BCUT2D eigenvalue weighted by molar-refractivity contribution is 0.0264. The lowest BCUT2D eigenvalue weighted by atomic mass is 9.82. The minimum Gasteiger partial charge on any atom is -0.393 e. The summed E-state index contributed by atoms with van der Waals surface area (Å²) in [6, 6.07) is 0. The Bertz CT molecular complexity index is 435. The standard InChI is InChI=1S/C13H20N2O3/c1-4-11-12(8(2)18-14-11)13(17)15(3)7-9-5-10(16)6-9/h9-10,16H,4-7H2,1-3H3. The number of aromatic nitrogens is 1. The first kappa shape index (κ1) is 13.1. The van der Waals surface area contributed by atoms with Gasteiger partial charge in [0.15, 0.2) is 0 Å². The first-order valence-electron chi connectivity index (χ1n) is 6.41. The Morgan fingerprint density at radius 3 is 2.78 bits per heavy atom. The molecule has 0 radical (unpaired) electrons. The summed E-state index contributed by atoms with van der Waals surface area (Å²) < 4.78 is 5.08. The molecule has 1 amide bonds. The third kappa shape index (κ3) is 2.41. The number of hydrogen-bond donors (Lipinski definition) is 1. The average Bonchev–Trinajstić information content (AvgIpc) is 2.67. The van der Waals surface area contributed by atoms with E-state index in [-0.39, 0.29) is 12.0 Å². The molecule has 18 heavy (non-hydrogen) atoms.